The van der Waals surface area contributed by atoms with E-state index in [1.165, 1.54) is 10.2 Å². The first-order valence-electron chi connectivity index (χ1n) is 7.26. The van der Waals surface area contributed by atoms with Crippen molar-refractivity contribution in [2.24, 2.45) is 0 Å². The SMILES string of the molecule is Cc1ccccc1-c1ncc(Cn2ncn3cccc3c2=O)s1. The molecule has 23 heavy (non-hydrogen) atoms. The van der Waals surface area contributed by atoms with Crippen LogP contribution in [0.1, 0.15) is 10.4 Å². The highest BCUT2D eigenvalue weighted by atomic mass is 32.1. The number of rotatable bonds is 3. The molecule has 5 nitrogen and oxygen atoms in total. The Labute approximate surface area is 136 Å². The van der Waals surface area contributed by atoms with Crippen molar-refractivity contribution in [2.45, 2.75) is 13.5 Å². The van der Waals surface area contributed by atoms with E-state index in [4.69, 9.17) is 0 Å². The van der Waals surface area contributed by atoms with E-state index in [-0.39, 0.29) is 5.56 Å². The van der Waals surface area contributed by atoms with Gasteiger partial charge in [0.25, 0.3) is 5.56 Å². The van der Waals surface area contributed by atoms with Crippen LogP contribution in [-0.4, -0.2) is 19.2 Å². The number of aromatic nitrogens is 4. The Bertz CT molecular complexity index is 1040. The predicted molar refractivity (Wildman–Crippen MR) is 90.8 cm³/mol. The number of hydrogen-bond donors (Lipinski definition) is 0. The summed E-state index contributed by atoms with van der Waals surface area (Å²) in [6.45, 7) is 2.51. The third-order valence-electron chi connectivity index (χ3n) is 3.78. The molecular formula is C17H14N4OS. The first-order valence-corrected chi connectivity index (χ1v) is 8.07. The maximum atomic E-state index is 12.4. The van der Waals surface area contributed by atoms with Crippen molar-refractivity contribution in [3.05, 3.63) is 75.9 Å². The van der Waals surface area contributed by atoms with Crippen molar-refractivity contribution in [1.82, 2.24) is 19.2 Å². The predicted octanol–water partition coefficient (Wildman–Crippen LogP) is 2.98. The number of benzene rings is 1. The van der Waals surface area contributed by atoms with Gasteiger partial charge in [-0.05, 0) is 24.6 Å². The lowest BCUT2D eigenvalue weighted by atomic mass is 10.1. The minimum Gasteiger partial charge on any atom is -0.301 e. The van der Waals surface area contributed by atoms with Gasteiger partial charge in [-0.2, -0.15) is 5.10 Å². The van der Waals surface area contributed by atoms with Crippen LogP contribution in [0.2, 0.25) is 0 Å². The molecule has 0 bridgehead atoms. The van der Waals surface area contributed by atoms with Crippen LogP contribution in [0.4, 0.5) is 0 Å². The molecule has 0 spiro atoms. The molecule has 0 aliphatic rings. The third-order valence-corrected chi connectivity index (χ3v) is 4.80. The van der Waals surface area contributed by atoms with Gasteiger partial charge in [0, 0.05) is 22.8 Å². The zero-order valence-electron chi connectivity index (χ0n) is 12.5. The number of nitrogens with zero attached hydrogens (tertiary/aromatic N) is 4. The summed E-state index contributed by atoms with van der Waals surface area (Å²) >= 11 is 1.59. The molecule has 0 saturated heterocycles. The van der Waals surface area contributed by atoms with E-state index in [0.29, 0.717) is 12.1 Å². The highest BCUT2D eigenvalue weighted by molar-refractivity contribution is 7.15. The summed E-state index contributed by atoms with van der Waals surface area (Å²) in [6, 6.07) is 11.8. The lowest BCUT2D eigenvalue weighted by Crippen LogP contribution is -2.24. The Morgan fingerprint density at radius 2 is 2.04 bits per heavy atom. The van der Waals surface area contributed by atoms with Crippen LogP contribution in [0.3, 0.4) is 0 Å². The highest BCUT2D eigenvalue weighted by Gasteiger charge is 2.09. The van der Waals surface area contributed by atoms with Crippen LogP contribution >= 0.6 is 11.3 Å². The van der Waals surface area contributed by atoms with Crippen LogP contribution in [0.5, 0.6) is 0 Å². The molecule has 0 unspecified atom stereocenters. The Kier molecular flexibility index (Phi) is 3.31. The largest absolute Gasteiger partial charge is 0.301 e. The molecule has 0 saturated carbocycles. The van der Waals surface area contributed by atoms with Crippen LogP contribution in [0.15, 0.2) is 59.9 Å². The van der Waals surface area contributed by atoms with Crippen LogP contribution < -0.4 is 5.56 Å². The average molecular weight is 322 g/mol. The molecule has 0 fully saturated rings. The number of fused-ring (bicyclic) bond motifs is 1. The molecule has 3 heterocycles. The van der Waals surface area contributed by atoms with E-state index in [1.54, 1.807) is 28.1 Å². The number of hydrogen-bond acceptors (Lipinski definition) is 4. The zero-order valence-corrected chi connectivity index (χ0v) is 13.3. The maximum absolute atomic E-state index is 12.4. The van der Waals surface area contributed by atoms with E-state index in [1.807, 2.05) is 30.6 Å². The van der Waals surface area contributed by atoms with Gasteiger partial charge in [0.05, 0.1) is 6.54 Å². The lowest BCUT2D eigenvalue weighted by Gasteiger charge is -2.03. The zero-order chi connectivity index (χ0) is 15.8. The molecule has 4 aromatic rings. The van der Waals surface area contributed by atoms with Crippen molar-refractivity contribution in [1.29, 1.82) is 0 Å². The second kappa shape index (κ2) is 5.48. The van der Waals surface area contributed by atoms with Gasteiger partial charge in [-0.25, -0.2) is 9.67 Å². The molecular weight excluding hydrogens is 308 g/mol. The van der Waals surface area contributed by atoms with Gasteiger partial charge in [0.1, 0.15) is 16.9 Å². The second-order valence-electron chi connectivity index (χ2n) is 5.34. The Hall–Kier alpha value is -2.73. The van der Waals surface area contributed by atoms with Crippen molar-refractivity contribution in [3.63, 3.8) is 0 Å². The monoisotopic (exact) mass is 322 g/mol. The molecule has 6 heteroatoms. The molecule has 0 aliphatic heterocycles. The molecule has 0 radical (unpaired) electrons. The Morgan fingerprint density at radius 3 is 2.91 bits per heavy atom. The van der Waals surface area contributed by atoms with Crippen molar-refractivity contribution in [2.75, 3.05) is 0 Å². The molecule has 114 valence electrons. The summed E-state index contributed by atoms with van der Waals surface area (Å²) in [6.07, 6.45) is 5.29. The maximum Gasteiger partial charge on any atom is 0.291 e. The van der Waals surface area contributed by atoms with E-state index in [9.17, 15) is 4.79 Å². The molecule has 0 N–H and O–H groups in total. The Morgan fingerprint density at radius 1 is 1.17 bits per heavy atom. The third kappa shape index (κ3) is 2.47. The fraction of sp³-hybridized carbons (Fsp3) is 0.118. The van der Waals surface area contributed by atoms with Crippen LogP contribution in [0.25, 0.3) is 16.1 Å². The standard InChI is InChI=1S/C17H14N4OS/c1-12-5-2-3-6-14(12)16-18-9-13(23-16)10-21-17(22)15-7-4-8-20(15)11-19-21/h2-9,11H,10H2,1H3. The Balaban J connectivity index is 1.68. The van der Waals surface area contributed by atoms with Gasteiger partial charge in [-0.1, -0.05) is 24.3 Å². The van der Waals surface area contributed by atoms with Crippen molar-refractivity contribution in [3.8, 4) is 10.6 Å². The number of aryl methyl sites for hydroxylation is 1. The van der Waals surface area contributed by atoms with Crippen LogP contribution in [-0.2, 0) is 6.54 Å². The topological polar surface area (TPSA) is 52.2 Å². The highest BCUT2D eigenvalue weighted by Crippen LogP contribution is 2.27. The second-order valence-corrected chi connectivity index (χ2v) is 6.46. The quantitative estimate of drug-likeness (QED) is 0.583. The minimum atomic E-state index is -0.0941. The van der Waals surface area contributed by atoms with Gasteiger partial charge < -0.3 is 4.40 Å². The normalized spacial score (nSPS) is 11.2. The average Bonchev–Trinajstić information content (AvgIpc) is 3.20. The summed E-state index contributed by atoms with van der Waals surface area (Å²) in [5.41, 5.74) is 2.86. The van der Waals surface area contributed by atoms with E-state index >= 15 is 0 Å². The van der Waals surface area contributed by atoms with Crippen LogP contribution in [0, 0.1) is 6.92 Å². The van der Waals surface area contributed by atoms with Gasteiger partial charge in [0.2, 0.25) is 0 Å². The molecule has 4 rings (SSSR count). The summed E-state index contributed by atoms with van der Waals surface area (Å²) in [4.78, 5) is 17.9. The van der Waals surface area contributed by atoms with E-state index < -0.39 is 0 Å². The fourth-order valence-corrected chi connectivity index (χ4v) is 3.54. The summed E-state index contributed by atoms with van der Waals surface area (Å²) in [5.74, 6) is 0. The van der Waals surface area contributed by atoms with Gasteiger partial charge in [-0.3, -0.25) is 4.79 Å². The molecule has 0 atom stereocenters. The fourth-order valence-electron chi connectivity index (χ4n) is 2.56. The van der Waals surface area contributed by atoms with Crippen molar-refractivity contribution < 1.29 is 0 Å². The van der Waals surface area contributed by atoms with Crippen molar-refractivity contribution >= 4 is 16.9 Å². The number of thiazole rings is 1. The first-order chi connectivity index (χ1) is 11.2. The van der Waals surface area contributed by atoms with E-state index in [0.717, 1.165) is 15.4 Å². The minimum absolute atomic E-state index is 0.0941. The molecule has 0 amide bonds. The molecule has 3 aromatic heterocycles. The first kappa shape index (κ1) is 13.9. The summed E-state index contributed by atoms with van der Waals surface area (Å²) < 4.78 is 3.20. The summed E-state index contributed by atoms with van der Waals surface area (Å²) in [5, 5.41) is 5.19. The van der Waals surface area contributed by atoms with Gasteiger partial charge in [0.15, 0.2) is 0 Å². The summed E-state index contributed by atoms with van der Waals surface area (Å²) in [7, 11) is 0. The smallest absolute Gasteiger partial charge is 0.291 e. The molecule has 0 aliphatic carbocycles. The van der Waals surface area contributed by atoms with Gasteiger partial charge in [-0.15, -0.1) is 11.3 Å². The van der Waals surface area contributed by atoms with E-state index in [2.05, 4.69) is 29.1 Å². The molecule has 1 aromatic carbocycles. The lowest BCUT2D eigenvalue weighted by molar-refractivity contribution is 0.633. The van der Waals surface area contributed by atoms with Gasteiger partial charge >= 0.3 is 0 Å².